The number of carbonyl (C=O) groups excluding carboxylic acids is 1. The van der Waals surface area contributed by atoms with Gasteiger partial charge in [0.15, 0.2) is 6.29 Å². The van der Waals surface area contributed by atoms with Crippen LogP contribution in [0.4, 0.5) is 0 Å². The minimum absolute atomic E-state index is 0.0837. The summed E-state index contributed by atoms with van der Waals surface area (Å²) < 4.78 is 21.2. The van der Waals surface area contributed by atoms with Crippen molar-refractivity contribution >= 4 is 16.3 Å². The van der Waals surface area contributed by atoms with E-state index in [0.29, 0.717) is 6.29 Å². The number of H-pyrrole nitrogens is 1. The van der Waals surface area contributed by atoms with Crippen molar-refractivity contribution in [2.45, 2.75) is 4.90 Å². The molecule has 0 aromatic carbocycles. The maximum Gasteiger partial charge on any atom is 0.239 e. The van der Waals surface area contributed by atoms with Crippen LogP contribution in [0, 0.1) is 0 Å². The Balaban J connectivity index is 3.18. The van der Waals surface area contributed by atoms with Crippen LogP contribution in [0.15, 0.2) is 17.2 Å². The summed E-state index contributed by atoms with van der Waals surface area (Å²) in [6, 6.07) is 1.17. The van der Waals surface area contributed by atoms with Crippen molar-refractivity contribution in [1.29, 1.82) is 0 Å². The van der Waals surface area contributed by atoms with Crippen molar-refractivity contribution in [1.82, 2.24) is 4.98 Å². The van der Waals surface area contributed by atoms with Crippen molar-refractivity contribution in [2.24, 2.45) is 5.14 Å². The number of carbonyl (C=O) groups is 1. The summed E-state index contributed by atoms with van der Waals surface area (Å²) in [6.07, 6.45) is 1.67. The average molecular weight is 174 g/mol. The molecule has 0 aliphatic rings. The lowest BCUT2D eigenvalue weighted by atomic mass is 10.5. The van der Waals surface area contributed by atoms with E-state index in [1.165, 1.54) is 12.3 Å². The Kier molecular flexibility index (Phi) is 1.79. The van der Waals surface area contributed by atoms with Crippen LogP contribution >= 0.6 is 0 Å². The van der Waals surface area contributed by atoms with Gasteiger partial charge in [0.25, 0.3) is 0 Å². The lowest BCUT2D eigenvalue weighted by molar-refractivity contribution is 0.111. The fraction of sp³-hybridized carbons (Fsp3) is 0. The summed E-state index contributed by atoms with van der Waals surface area (Å²) in [7, 11) is -3.68. The summed E-state index contributed by atoms with van der Waals surface area (Å²) in [5, 5.41) is 4.76. The minimum Gasteiger partial charge on any atom is -0.358 e. The van der Waals surface area contributed by atoms with Gasteiger partial charge in [-0.2, -0.15) is 0 Å². The van der Waals surface area contributed by atoms with E-state index >= 15 is 0 Å². The monoisotopic (exact) mass is 174 g/mol. The Bertz CT molecular complexity index is 365. The molecule has 0 unspecified atom stereocenters. The third-order valence-electron chi connectivity index (χ3n) is 1.13. The highest BCUT2D eigenvalue weighted by molar-refractivity contribution is 7.89. The zero-order chi connectivity index (χ0) is 8.48. The molecule has 0 fully saturated rings. The summed E-state index contributed by atoms with van der Waals surface area (Å²) in [4.78, 5) is 12.4. The molecule has 1 aromatic rings. The van der Waals surface area contributed by atoms with Crippen LogP contribution in [0.25, 0.3) is 0 Å². The third kappa shape index (κ3) is 1.66. The number of primary sulfonamides is 1. The van der Waals surface area contributed by atoms with Crippen LogP contribution in [0.1, 0.15) is 10.5 Å². The maximum atomic E-state index is 10.6. The highest BCUT2D eigenvalue weighted by atomic mass is 32.2. The molecule has 3 N–H and O–H groups in total. The van der Waals surface area contributed by atoms with E-state index in [2.05, 4.69) is 4.98 Å². The number of sulfonamides is 1. The standard InChI is InChI=1S/C5H6N2O3S/c6-11(9,10)5-1-4(3-8)7-2-5/h1-3,7H,(H2,6,9,10). The summed E-state index contributed by atoms with van der Waals surface area (Å²) in [6.45, 7) is 0. The molecule has 6 heteroatoms. The molecule has 0 amide bonds. The smallest absolute Gasteiger partial charge is 0.239 e. The molecule has 0 atom stereocenters. The van der Waals surface area contributed by atoms with Crippen LogP contribution in [0.2, 0.25) is 0 Å². The Morgan fingerprint density at radius 3 is 2.45 bits per heavy atom. The van der Waals surface area contributed by atoms with E-state index < -0.39 is 10.0 Å². The van der Waals surface area contributed by atoms with Crippen molar-refractivity contribution in [3.63, 3.8) is 0 Å². The van der Waals surface area contributed by atoms with Gasteiger partial charge in [-0.25, -0.2) is 13.6 Å². The molecule has 0 aliphatic heterocycles. The van der Waals surface area contributed by atoms with Crippen LogP contribution in [-0.4, -0.2) is 19.7 Å². The van der Waals surface area contributed by atoms with Gasteiger partial charge in [-0.3, -0.25) is 4.79 Å². The summed E-state index contributed by atoms with van der Waals surface area (Å²) >= 11 is 0. The Morgan fingerprint density at radius 1 is 1.55 bits per heavy atom. The lowest BCUT2D eigenvalue weighted by Crippen LogP contribution is -2.10. The van der Waals surface area contributed by atoms with Crippen molar-refractivity contribution in [3.05, 3.63) is 18.0 Å². The van der Waals surface area contributed by atoms with Crippen molar-refractivity contribution in [3.8, 4) is 0 Å². The first-order chi connectivity index (χ1) is 5.04. The van der Waals surface area contributed by atoms with E-state index in [1.54, 1.807) is 0 Å². The second kappa shape index (κ2) is 2.48. The molecule has 0 aliphatic carbocycles. The van der Waals surface area contributed by atoms with Gasteiger partial charge in [-0.1, -0.05) is 0 Å². The number of aromatic nitrogens is 1. The molecular weight excluding hydrogens is 168 g/mol. The number of aromatic amines is 1. The van der Waals surface area contributed by atoms with Gasteiger partial charge in [0.2, 0.25) is 10.0 Å². The fourth-order valence-corrected chi connectivity index (χ4v) is 1.14. The van der Waals surface area contributed by atoms with Crippen molar-refractivity contribution < 1.29 is 13.2 Å². The maximum absolute atomic E-state index is 10.6. The Labute approximate surface area is 63.3 Å². The number of nitrogens with two attached hydrogens (primary N) is 1. The second-order valence-electron chi connectivity index (χ2n) is 1.95. The quantitative estimate of drug-likeness (QED) is 0.590. The topological polar surface area (TPSA) is 93.0 Å². The van der Waals surface area contributed by atoms with E-state index in [9.17, 15) is 13.2 Å². The predicted molar refractivity (Wildman–Crippen MR) is 37.6 cm³/mol. The molecule has 1 aromatic heterocycles. The number of hydrogen-bond donors (Lipinski definition) is 2. The van der Waals surface area contributed by atoms with Gasteiger partial charge in [0, 0.05) is 6.20 Å². The highest BCUT2D eigenvalue weighted by Crippen LogP contribution is 2.05. The van der Waals surface area contributed by atoms with Crippen LogP contribution < -0.4 is 5.14 Å². The Morgan fingerprint density at radius 2 is 2.18 bits per heavy atom. The first kappa shape index (κ1) is 7.96. The van der Waals surface area contributed by atoms with Crippen LogP contribution in [0.5, 0.6) is 0 Å². The zero-order valence-electron chi connectivity index (χ0n) is 5.44. The molecule has 1 heterocycles. The molecule has 0 radical (unpaired) electrons. The molecule has 60 valence electrons. The van der Waals surface area contributed by atoms with E-state index in [1.807, 2.05) is 0 Å². The van der Waals surface area contributed by atoms with Crippen LogP contribution in [-0.2, 0) is 10.0 Å². The van der Waals surface area contributed by atoms with Crippen LogP contribution in [0.3, 0.4) is 0 Å². The zero-order valence-corrected chi connectivity index (χ0v) is 6.26. The molecule has 11 heavy (non-hydrogen) atoms. The second-order valence-corrected chi connectivity index (χ2v) is 3.52. The van der Waals surface area contributed by atoms with E-state index in [4.69, 9.17) is 5.14 Å². The summed E-state index contributed by atoms with van der Waals surface area (Å²) in [5.41, 5.74) is 0.189. The molecular formula is C5H6N2O3S. The van der Waals surface area contributed by atoms with Gasteiger partial charge in [-0.15, -0.1) is 0 Å². The number of hydrogen-bond acceptors (Lipinski definition) is 3. The van der Waals surface area contributed by atoms with Crippen molar-refractivity contribution in [2.75, 3.05) is 0 Å². The normalized spacial score (nSPS) is 11.4. The SMILES string of the molecule is NS(=O)(=O)c1c[nH]c(C=O)c1. The number of aldehydes is 1. The molecule has 5 nitrogen and oxygen atoms in total. The first-order valence-electron chi connectivity index (χ1n) is 2.70. The van der Waals surface area contributed by atoms with Gasteiger partial charge in [0.05, 0.1) is 10.6 Å². The van der Waals surface area contributed by atoms with Gasteiger partial charge in [0.1, 0.15) is 0 Å². The third-order valence-corrected chi connectivity index (χ3v) is 2.03. The molecule has 0 bridgehead atoms. The largest absolute Gasteiger partial charge is 0.358 e. The molecule has 0 saturated carbocycles. The minimum atomic E-state index is -3.68. The molecule has 0 saturated heterocycles. The van der Waals surface area contributed by atoms with E-state index in [0.717, 1.165) is 0 Å². The first-order valence-corrected chi connectivity index (χ1v) is 4.25. The predicted octanol–water partition coefficient (Wildman–Crippen LogP) is -0.525. The molecule has 0 spiro atoms. The number of rotatable bonds is 2. The summed E-state index contributed by atoms with van der Waals surface area (Å²) in [5.74, 6) is 0. The fourth-order valence-electron chi connectivity index (χ4n) is 0.623. The Hall–Kier alpha value is -1.14. The molecule has 1 rings (SSSR count). The lowest BCUT2D eigenvalue weighted by Gasteiger charge is -1.87. The highest BCUT2D eigenvalue weighted by Gasteiger charge is 2.08. The van der Waals surface area contributed by atoms with Gasteiger partial charge in [-0.05, 0) is 6.07 Å². The average Bonchev–Trinajstić information content (AvgIpc) is 2.32. The van der Waals surface area contributed by atoms with Gasteiger partial charge < -0.3 is 4.98 Å². The van der Waals surface area contributed by atoms with E-state index in [-0.39, 0.29) is 10.6 Å². The van der Waals surface area contributed by atoms with Gasteiger partial charge >= 0.3 is 0 Å². The number of nitrogens with one attached hydrogen (secondary N) is 1.